The zero-order chi connectivity index (χ0) is 18.4. The first kappa shape index (κ1) is 17.8. The van der Waals surface area contributed by atoms with Gasteiger partial charge in [-0.3, -0.25) is 9.69 Å². The third-order valence-corrected chi connectivity index (χ3v) is 6.39. The van der Waals surface area contributed by atoms with Crippen LogP contribution in [-0.4, -0.2) is 46.5 Å². The summed E-state index contributed by atoms with van der Waals surface area (Å²) in [6.45, 7) is 2.36. The molecule has 6 heteroatoms. The number of rotatable bonds is 3. The van der Waals surface area contributed by atoms with E-state index in [9.17, 15) is 18.0 Å². The summed E-state index contributed by atoms with van der Waals surface area (Å²) >= 11 is 0. The number of likely N-dealkylation sites (tertiary alicyclic amines) is 2. The van der Waals surface area contributed by atoms with Crippen LogP contribution in [-0.2, 0) is 11.3 Å². The quantitative estimate of drug-likeness (QED) is 0.812. The Labute approximate surface area is 152 Å². The summed E-state index contributed by atoms with van der Waals surface area (Å²) in [4.78, 5) is 16.3. The van der Waals surface area contributed by atoms with Crippen molar-refractivity contribution >= 4 is 5.91 Å². The molecular formula is C20H25F3N2O. The van der Waals surface area contributed by atoms with E-state index in [0.29, 0.717) is 38.0 Å². The van der Waals surface area contributed by atoms with Gasteiger partial charge >= 0.3 is 0 Å². The van der Waals surface area contributed by atoms with Crippen molar-refractivity contribution in [2.24, 2.45) is 0 Å². The van der Waals surface area contributed by atoms with Crippen LogP contribution in [0.25, 0.3) is 0 Å². The van der Waals surface area contributed by atoms with E-state index < -0.39 is 11.5 Å². The predicted molar refractivity (Wildman–Crippen MR) is 92.2 cm³/mol. The number of benzene rings is 1. The van der Waals surface area contributed by atoms with Gasteiger partial charge in [0.25, 0.3) is 5.91 Å². The van der Waals surface area contributed by atoms with Crippen LogP contribution in [0.5, 0.6) is 0 Å². The first-order valence-corrected chi connectivity index (χ1v) is 9.59. The molecular weight excluding hydrogens is 341 g/mol. The number of halogens is 3. The minimum absolute atomic E-state index is 0.0964. The van der Waals surface area contributed by atoms with E-state index in [1.165, 1.54) is 12.1 Å². The van der Waals surface area contributed by atoms with Gasteiger partial charge in [-0.25, -0.2) is 13.2 Å². The van der Waals surface area contributed by atoms with E-state index in [0.717, 1.165) is 44.7 Å². The first-order valence-electron chi connectivity index (χ1n) is 9.59. The average Bonchev–Trinajstić information content (AvgIpc) is 3.30. The molecule has 0 unspecified atom stereocenters. The molecule has 2 saturated heterocycles. The van der Waals surface area contributed by atoms with Crippen LogP contribution in [0.1, 0.15) is 50.5 Å². The Kier molecular flexibility index (Phi) is 4.49. The van der Waals surface area contributed by atoms with Crippen LogP contribution in [0.3, 0.4) is 0 Å². The summed E-state index contributed by atoms with van der Waals surface area (Å²) in [6, 6.07) is 3.59. The Morgan fingerprint density at radius 2 is 1.73 bits per heavy atom. The summed E-state index contributed by atoms with van der Waals surface area (Å²) in [5, 5.41) is 0. The summed E-state index contributed by atoms with van der Waals surface area (Å²) < 4.78 is 41.7. The van der Waals surface area contributed by atoms with Crippen LogP contribution in [0.2, 0.25) is 0 Å². The number of hydrogen-bond acceptors (Lipinski definition) is 2. The zero-order valence-electron chi connectivity index (χ0n) is 14.9. The van der Waals surface area contributed by atoms with Gasteiger partial charge in [-0.1, -0.05) is 0 Å². The van der Waals surface area contributed by atoms with Gasteiger partial charge in [-0.15, -0.1) is 0 Å². The van der Waals surface area contributed by atoms with E-state index in [4.69, 9.17) is 0 Å². The lowest BCUT2D eigenvalue weighted by Gasteiger charge is -2.38. The molecule has 2 heterocycles. The second-order valence-electron chi connectivity index (χ2n) is 8.10. The fourth-order valence-corrected chi connectivity index (χ4v) is 4.67. The third kappa shape index (κ3) is 3.24. The van der Waals surface area contributed by atoms with Crippen LogP contribution < -0.4 is 0 Å². The van der Waals surface area contributed by atoms with Crippen LogP contribution in [0.4, 0.5) is 13.2 Å². The Morgan fingerprint density at radius 1 is 1.00 bits per heavy atom. The van der Waals surface area contributed by atoms with Crippen molar-refractivity contribution in [2.75, 3.05) is 19.6 Å². The van der Waals surface area contributed by atoms with Crippen molar-refractivity contribution in [3.63, 3.8) is 0 Å². The predicted octanol–water partition coefficient (Wildman–Crippen LogP) is 3.81. The number of alkyl halides is 1. The van der Waals surface area contributed by atoms with Crippen molar-refractivity contribution in [2.45, 2.75) is 62.7 Å². The highest BCUT2D eigenvalue weighted by Crippen LogP contribution is 2.44. The van der Waals surface area contributed by atoms with Gasteiger partial charge < -0.3 is 4.90 Å². The lowest BCUT2D eigenvalue weighted by Crippen LogP contribution is -2.45. The van der Waals surface area contributed by atoms with Gasteiger partial charge in [0.2, 0.25) is 0 Å². The molecule has 1 spiro atoms. The molecule has 3 fully saturated rings. The molecule has 1 amide bonds. The average molecular weight is 366 g/mol. The van der Waals surface area contributed by atoms with Gasteiger partial charge in [0.1, 0.15) is 11.6 Å². The van der Waals surface area contributed by atoms with Crippen molar-refractivity contribution in [1.29, 1.82) is 0 Å². The Hall–Kier alpha value is -1.56. The molecule has 1 saturated carbocycles. The molecule has 1 atom stereocenters. The molecule has 2 aliphatic heterocycles. The van der Waals surface area contributed by atoms with E-state index in [-0.39, 0.29) is 17.3 Å². The normalized spacial score (nSPS) is 28.3. The minimum Gasteiger partial charge on any atom is -0.340 e. The van der Waals surface area contributed by atoms with Crippen molar-refractivity contribution < 1.29 is 18.0 Å². The maximum Gasteiger partial charge on any atom is 0.260 e. The summed E-state index contributed by atoms with van der Waals surface area (Å²) in [6.07, 6.45) is 5.20. The molecule has 26 heavy (non-hydrogen) atoms. The largest absolute Gasteiger partial charge is 0.340 e. The standard InChI is InChI=1S/C20H25F3N2O/c21-16-3-4-17(22)15(13-16)14-25-11-2-6-19(25)5-1-10-24(12-9-19)18(26)20(23)7-8-20/h3-4,13H,1-2,5-12,14H2/t19-/m1/s1. The van der Waals surface area contributed by atoms with Crippen molar-refractivity contribution in [3.8, 4) is 0 Å². The first-order chi connectivity index (χ1) is 12.4. The van der Waals surface area contributed by atoms with Gasteiger partial charge in [0.15, 0.2) is 5.67 Å². The summed E-state index contributed by atoms with van der Waals surface area (Å²) in [5.41, 5.74) is -1.33. The van der Waals surface area contributed by atoms with E-state index >= 15 is 0 Å². The van der Waals surface area contributed by atoms with E-state index in [1.54, 1.807) is 4.90 Å². The van der Waals surface area contributed by atoms with Gasteiger partial charge in [-0.2, -0.15) is 0 Å². The number of amides is 1. The SMILES string of the molecule is O=C(N1CCC[C@@]2(CCCN2Cc2cc(F)ccc2F)CC1)C1(F)CC1. The maximum absolute atomic E-state index is 14.1. The molecule has 0 bridgehead atoms. The Balaban J connectivity index is 1.48. The van der Waals surface area contributed by atoms with Gasteiger partial charge in [0.05, 0.1) is 0 Å². The minimum atomic E-state index is -1.61. The third-order valence-electron chi connectivity index (χ3n) is 6.39. The summed E-state index contributed by atoms with van der Waals surface area (Å²) in [7, 11) is 0. The molecule has 0 radical (unpaired) electrons. The highest BCUT2D eigenvalue weighted by atomic mass is 19.1. The topological polar surface area (TPSA) is 23.6 Å². The van der Waals surface area contributed by atoms with E-state index in [1.807, 2.05) is 0 Å². The zero-order valence-corrected chi connectivity index (χ0v) is 14.9. The Morgan fingerprint density at radius 3 is 2.46 bits per heavy atom. The fourth-order valence-electron chi connectivity index (χ4n) is 4.67. The molecule has 142 valence electrons. The maximum atomic E-state index is 14.1. The van der Waals surface area contributed by atoms with Gasteiger partial charge in [-0.05, 0) is 69.7 Å². The van der Waals surface area contributed by atoms with Crippen LogP contribution >= 0.6 is 0 Å². The monoisotopic (exact) mass is 366 g/mol. The molecule has 3 aliphatic rings. The Bertz CT molecular complexity index is 706. The molecule has 1 aliphatic carbocycles. The number of carbonyl (C=O) groups is 1. The second kappa shape index (κ2) is 6.55. The fraction of sp³-hybridized carbons (Fsp3) is 0.650. The number of hydrogen-bond donors (Lipinski definition) is 0. The molecule has 1 aromatic rings. The number of carbonyl (C=O) groups excluding carboxylic acids is 1. The van der Waals surface area contributed by atoms with E-state index in [2.05, 4.69) is 4.90 Å². The molecule has 0 aromatic heterocycles. The lowest BCUT2D eigenvalue weighted by molar-refractivity contribution is -0.138. The highest BCUT2D eigenvalue weighted by Gasteiger charge is 2.53. The smallest absolute Gasteiger partial charge is 0.260 e. The van der Waals surface area contributed by atoms with Crippen LogP contribution in [0, 0.1) is 11.6 Å². The highest BCUT2D eigenvalue weighted by molar-refractivity contribution is 5.88. The number of nitrogens with zero attached hydrogens (tertiary/aromatic N) is 2. The van der Waals surface area contributed by atoms with Crippen LogP contribution in [0.15, 0.2) is 18.2 Å². The van der Waals surface area contributed by atoms with Gasteiger partial charge in [0, 0.05) is 30.7 Å². The molecule has 1 aromatic carbocycles. The van der Waals surface area contributed by atoms with Crippen molar-refractivity contribution in [1.82, 2.24) is 9.80 Å². The molecule has 4 rings (SSSR count). The molecule has 3 nitrogen and oxygen atoms in total. The summed E-state index contributed by atoms with van der Waals surface area (Å²) in [5.74, 6) is -1.16. The lowest BCUT2D eigenvalue weighted by atomic mass is 9.87. The molecule has 0 N–H and O–H groups in total. The van der Waals surface area contributed by atoms with Crippen molar-refractivity contribution in [3.05, 3.63) is 35.4 Å². The second-order valence-corrected chi connectivity index (χ2v) is 8.10.